The molecule has 1 aromatic heterocycles. The van der Waals surface area contributed by atoms with Crippen LogP contribution in [-0.4, -0.2) is 77.4 Å². The van der Waals surface area contributed by atoms with E-state index in [-0.39, 0.29) is 56.4 Å². The zero-order valence-corrected chi connectivity index (χ0v) is 29.3. The van der Waals surface area contributed by atoms with E-state index < -0.39 is 56.0 Å². The maximum atomic E-state index is 14.5. The van der Waals surface area contributed by atoms with E-state index in [0.29, 0.717) is 30.7 Å². The molecule has 5 atom stereocenters. The van der Waals surface area contributed by atoms with Gasteiger partial charge in [-0.25, -0.2) is 18.4 Å². The molecule has 6 rings (SSSR count). The van der Waals surface area contributed by atoms with Crippen molar-refractivity contribution < 1.29 is 37.1 Å². The lowest BCUT2D eigenvalue weighted by molar-refractivity contribution is -0.153. The fourth-order valence-corrected chi connectivity index (χ4v) is 8.60. The Bertz CT molecular complexity index is 1770. The van der Waals surface area contributed by atoms with Gasteiger partial charge in [-0.1, -0.05) is 32.9 Å². The Morgan fingerprint density at radius 2 is 1.92 bits per heavy atom. The number of nitrogens with one attached hydrogen (secondary N) is 1. The molecule has 12 nitrogen and oxygen atoms in total. The van der Waals surface area contributed by atoms with Gasteiger partial charge in [-0.05, 0) is 74.0 Å². The van der Waals surface area contributed by atoms with Crippen molar-refractivity contribution in [3.05, 3.63) is 42.7 Å². The number of esters is 1. The van der Waals surface area contributed by atoms with Gasteiger partial charge >= 0.3 is 5.97 Å². The second-order valence-corrected chi connectivity index (χ2v) is 17.1. The number of aromatic nitrogens is 2. The molecular formula is C36H46N4O8S. The van der Waals surface area contributed by atoms with E-state index in [1.54, 1.807) is 6.08 Å². The zero-order chi connectivity index (χ0) is 35.1. The number of hydrogen-bond acceptors (Lipinski definition) is 10. The van der Waals surface area contributed by atoms with Crippen molar-refractivity contribution in [3.63, 3.8) is 0 Å². The number of sulfonamides is 1. The quantitative estimate of drug-likeness (QED) is 0.331. The Morgan fingerprint density at radius 3 is 2.61 bits per heavy atom. The number of Topliss-reactive ketones (excluding diaryl/α,β-unsaturated/α-hetero) is 1. The van der Waals surface area contributed by atoms with E-state index in [1.165, 1.54) is 11.2 Å². The molecule has 13 heteroatoms. The predicted molar refractivity (Wildman–Crippen MR) is 181 cm³/mol. The maximum Gasteiger partial charge on any atom is 0.306 e. The van der Waals surface area contributed by atoms with E-state index in [1.807, 2.05) is 39.0 Å². The molecule has 1 N–H and O–H groups in total. The Labute approximate surface area is 287 Å². The summed E-state index contributed by atoms with van der Waals surface area (Å²) >= 11 is 0. The van der Waals surface area contributed by atoms with E-state index in [4.69, 9.17) is 9.47 Å². The molecule has 0 unspecified atom stereocenters. The highest BCUT2D eigenvalue weighted by molar-refractivity contribution is 7.90. The molecule has 2 saturated carbocycles. The molecule has 1 saturated heterocycles. The third-order valence-corrected chi connectivity index (χ3v) is 12.3. The molecule has 4 aliphatic rings. The Kier molecular flexibility index (Phi) is 9.60. The smallest absolute Gasteiger partial charge is 0.306 e. The number of carbonyl (C=O) groups excluding carboxylic acids is 4. The Balaban J connectivity index is 1.32. The summed E-state index contributed by atoms with van der Waals surface area (Å²) in [7, 11) is -3.83. The molecule has 2 aliphatic carbocycles. The van der Waals surface area contributed by atoms with Gasteiger partial charge in [-0.15, -0.1) is 6.58 Å². The van der Waals surface area contributed by atoms with Crippen LogP contribution in [0.1, 0.15) is 84.1 Å². The van der Waals surface area contributed by atoms with Crippen molar-refractivity contribution in [1.29, 1.82) is 0 Å². The Hall–Kier alpha value is -3.87. The zero-order valence-electron chi connectivity index (χ0n) is 28.5. The monoisotopic (exact) mass is 694 g/mol. The van der Waals surface area contributed by atoms with Gasteiger partial charge in [0.2, 0.25) is 27.7 Å². The van der Waals surface area contributed by atoms with Crippen LogP contribution in [0.3, 0.4) is 0 Å². The van der Waals surface area contributed by atoms with Gasteiger partial charge < -0.3 is 14.4 Å². The average Bonchev–Trinajstić information content (AvgIpc) is 3.97. The minimum absolute atomic E-state index is 0.0577. The summed E-state index contributed by atoms with van der Waals surface area (Å²) in [6.07, 6.45) is 6.62. The molecule has 0 radical (unpaired) electrons. The summed E-state index contributed by atoms with van der Waals surface area (Å²) in [5, 5.41) is 0.133. The second kappa shape index (κ2) is 13.4. The SMILES string of the molecule is C=C[C@@H]1C[C@]1(CC(=O)[C@@H]1C[C@@H]2CN1C(=O)[C@H](C(C)(C)C)CC(=O)OCCCCCc1ccc3ncnc(c3c1)O2)C(=O)NS(=O)(=O)C1CC1. The topological polar surface area (TPSA) is 162 Å². The molecule has 49 heavy (non-hydrogen) atoms. The fraction of sp³-hybridized carbons (Fsp3) is 0.611. The number of benzene rings is 1. The summed E-state index contributed by atoms with van der Waals surface area (Å²) < 4.78 is 39.6. The molecule has 0 spiro atoms. The van der Waals surface area contributed by atoms with Crippen LogP contribution in [0, 0.1) is 22.7 Å². The molecule has 1 aromatic carbocycles. The van der Waals surface area contributed by atoms with Gasteiger partial charge in [0.05, 0.1) is 53.1 Å². The highest BCUT2D eigenvalue weighted by Crippen LogP contribution is 2.57. The number of amides is 2. The molecule has 264 valence electrons. The van der Waals surface area contributed by atoms with Gasteiger partial charge in [-0.3, -0.25) is 23.9 Å². The Morgan fingerprint density at radius 1 is 1.14 bits per heavy atom. The molecule has 2 aromatic rings. The first-order chi connectivity index (χ1) is 23.2. The number of carbonyl (C=O) groups is 4. The highest BCUT2D eigenvalue weighted by Gasteiger charge is 2.61. The summed E-state index contributed by atoms with van der Waals surface area (Å²) in [5.74, 6) is -2.77. The molecule has 3 heterocycles. The van der Waals surface area contributed by atoms with Gasteiger partial charge in [0, 0.05) is 12.8 Å². The van der Waals surface area contributed by atoms with Crippen LogP contribution in [0.25, 0.3) is 10.9 Å². The first kappa shape index (κ1) is 35.0. The van der Waals surface area contributed by atoms with Crippen LogP contribution >= 0.6 is 0 Å². The summed E-state index contributed by atoms with van der Waals surface area (Å²) in [6.45, 7) is 9.74. The van der Waals surface area contributed by atoms with Crippen molar-refractivity contribution in [2.24, 2.45) is 22.7 Å². The summed E-state index contributed by atoms with van der Waals surface area (Å²) in [5.41, 5.74) is -0.124. The van der Waals surface area contributed by atoms with Gasteiger partial charge in [-0.2, -0.15) is 0 Å². The van der Waals surface area contributed by atoms with E-state index in [0.717, 1.165) is 30.2 Å². The van der Waals surface area contributed by atoms with Crippen LogP contribution in [-0.2, 0) is 40.4 Å². The van der Waals surface area contributed by atoms with Crippen molar-refractivity contribution in [3.8, 4) is 5.88 Å². The van der Waals surface area contributed by atoms with Gasteiger partial charge in [0.1, 0.15) is 12.4 Å². The van der Waals surface area contributed by atoms with Crippen LogP contribution in [0.4, 0.5) is 0 Å². The van der Waals surface area contributed by atoms with Gasteiger partial charge in [0.25, 0.3) is 0 Å². The van der Waals surface area contributed by atoms with Crippen molar-refractivity contribution >= 4 is 44.5 Å². The van der Waals surface area contributed by atoms with Crippen molar-refractivity contribution in [2.75, 3.05) is 13.2 Å². The first-order valence-corrected chi connectivity index (χ1v) is 18.8. The number of hydrogen-bond donors (Lipinski definition) is 1. The first-order valence-electron chi connectivity index (χ1n) is 17.3. The number of fused-ring (bicyclic) bond motifs is 3. The third-order valence-electron chi connectivity index (χ3n) is 10.5. The maximum absolute atomic E-state index is 14.5. The number of nitrogens with zero attached hydrogens (tertiary/aromatic N) is 3. The largest absolute Gasteiger partial charge is 0.472 e. The van der Waals surface area contributed by atoms with E-state index in [9.17, 15) is 27.6 Å². The predicted octanol–water partition coefficient (Wildman–Crippen LogP) is 4.06. The number of rotatable bonds is 7. The average molecular weight is 695 g/mol. The van der Waals surface area contributed by atoms with Crippen molar-refractivity contribution in [2.45, 2.75) is 102 Å². The van der Waals surface area contributed by atoms with Crippen LogP contribution in [0.5, 0.6) is 5.88 Å². The number of allylic oxidation sites excluding steroid dienone is 1. The van der Waals surface area contributed by atoms with Crippen molar-refractivity contribution in [1.82, 2.24) is 19.6 Å². The molecule has 3 fully saturated rings. The number of cyclic esters (lactones) is 1. The number of ketones is 1. The second-order valence-electron chi connectivity index (χ2n) is 15.2. The molecule has 4 bridgehead atoms. The van der Waals surface area contributed by atoms with E-state index in [2.05, 4.69) is 21.3 Å². The molecule has 2 aliphatic heterocycles. The molecule has 2 amide bonds. The van der Waals surface area contributed by atoms with E-state index >= 15 is 0 Å². The van der Waals surface area contributed by atoms with Gasteiger partial charge in [0.15, 0.2) is 5.78 Å². The highest BCUT2D eigenvalue weighted by atomic mass is 32.2. The molecular weight excluding hydrogens is 648 g/mol. The van der Waals surface area contributed by atoms with Crippen LogP contribution in [0.15, 0.2) is 37.2 Å². The third kappa shape index (κ3) is 7.51. The number of ether oxygens (including phenoxy) is 2. The summed E-state index contributed by atoms with van der Waals surface area (Å²) in [6, 6.07) is 4.97. The lowest BCUT2D eigenvalue weighted by Gasteiger charge is -2.34. The standard InChI is InChI=1S/C36H46N4O8S/c1-5-23-18-36(23,34(44)39-49(45,46)25-11-12-25)19-30(41)29-16-24-20-40(29)33(43)27(35(2,3)4)17-31(42)47-14-8-6-7-9-22-10-13-28-26(15-22)32(48-24)38-21-37-28/h5,10,13,15,21,23-25,27,29H,1,6-9,11-12,14,16-20H2,2-4H3,(H,39,44)/t23-,24-,27-,29+,36-/m1/s1. The lowest BCUT2D eigenvalue weighted by atomic mass is 9.77. The minimum atomic E-state index is -3.83. The number of aryl methyl sites for hydroxylation is 1. The minimum Gasteiger partial charge on any atom is -0.472 e. The lowest BCUT2D eigenvalue weighted by Crippen LogP contribution is -2.48. The van der Waals surface area contributed by atoms with Crippen LogP contribution < -0.4 is 9.46 Å². The fourth-order valence-electron chi connectivity index (χ4n) is 7.21. The summed E-state index contributed by atoms with van der Waals surface area (Å²) in [4.78, 5) is 65.6. The van der Waals surface area contributed by atoms with Crippen LogP contribution in [0.2, 0.25) is 0 Å². The normalized spacial score (nSPS) is 28.3.